The molecular weight excluding hydrogens is 359 g/mol. The summed E-state index contributed by atoms with van der Waals surface area (Å²) >= 11 is 0. The number of aryl methyl sites for hydroxylation is 1. The molecule has 2 saturated heterocycles. The number of aromatic nitrogens is 2. The Morgan fingerprint density at radius 2 is 1.75 bits per heavy atom. The minimum Gasteiger partial charge on any atom is -0.378 e. The number of halogens is 1. The van der Waals surface area contributed by atoms with Gasteiger partial charge < -0.3 is 14.5 Å². The fourth-order valence-corrected chi connectivity index (χ4v) is 3.75. The van der Waals surface area contributed by atoms with Gasteiger partial charge in [0.1, 0.15) is 5.82 Å². The Bertz CT molecular complexity index is 861. The third-order valence-corrected chi connectivity index (χ3v) is 5.22. The first kappa shape index (κ1) is 18.8. The van der Waals surface area contributed by atoms with E-state index in [4.69, 9.17) is 4.74 Å². The number of carbonyl (C=O) groups excluding carboxylic acids is 1. The van der Waals surface area contributed by atoms with Crippen LogP contribution in [-0.2, 0) is 4.74 Å². The number of carbonyl (C=O) groups is 1. The van der Waals surface area contributed by atoms with Crippen molar-refractivity contribution in [1.29, 1.82) is 0 Å². The highest BCUT2D eigenvalue weighted by Crippen LogP contribution is 2.25. The molecule has 1 aromatic carbocycles. The van der Waals surface area contributed by atoms with E-state index in [9.17, 15) is 9.18 Å². The lowest BCUT2D eigenvalue weighted by atomic mass is 10.1. The summed E-state index contributed by atoms with van der Waals surface area (Å²) in [4.78, 5) is 25.9. The molecule has 0 radical (unpaired) electrons. The quantitative estimate of drug-likeness (QED) is 0.814. The maximum absolute atomic E-state index is 14.3. The van der Waals surface area contributed by atoms with E-state index in [2.05, 4.69) is 14.9 Å². The van der Waals surface area contributed by atoms with Crippen LogP contribution in [0, 0.1) is 12.7 Å². The number of rotatable bonds is 3. The number of amides is 1. The Kier molecular flexibility index (Phi) is 5.52. The summed E-state index contributed by atoms with van der Waals surface area (Å²) in [5.41, 5.74) is 2.41. The maximum Gasteiger partial charge on any atom is 0.254 e. The fraction of sp³-hybridized carbons (Fsp3) is 0.476. The van der Waals surface area contributed by atoms with Gasteiger partial charge in [-0.25, -0.2) is 14.4 Å². The predicted molar refractivity (Wildman–Crippen MR) is 105 cm³/mol. The van der Waals surface area contributed by atoms with Crippen molar-refractivity contribution in [2.45, 2.75) is 26.2 Å². The minimum atomic E-state index is -0.440. The van der Waals surface area contributed by atoms with Crippen molar-refractivity contribution in [3.8, 4) is 11.3 Å². The van der Waals surface area contributed by atoms with Gasteiger partial charge in [0.05, 0.1) is 18.9 Å². The Labute approximate surface area is 164 Å². The van der Waals surface area contributed by atoms with Crippen molar-refractivity contribution >= 4 is 11.9 Å². The Morgan fingerprint density at radius 1 is 1.00 bits per heavy atom. The summed E-state index contributed by atoms with van der Waals surface area (Å²) in [6, 6.07) is 6.28. The second-order valence-corrected chi connectivity index (χ2v) is 7.38. The van der Waals surface area contributed by atoms with Crippen LogP contribution < -0.4 is 4.90 Å². The molecule has 2 fully saturated rings. The van der Waals surface area contributed by atoms with E-state index in [-0.39, 0.29) is 5.91 Å². The molecule has 2 aromatic rings. The van der Waals surface area contributed by atoms with E-state index in [1.807, 2.05) is 13.0 Å². The lowest BCUT2D eigenvalue weighted by Gasteiger charge is -2.27. The van der Waals surface area contributed by atoms with E-state index in [1.165, 1.54) is 18.6 Å². The molecule has 0 aliphatic carbocycles. The number of hydrogen-bond acceptors (Lipinski definition) is 5. The molecule has 7 heteroatoms. The van der Waals surface area contributed by atoms with Gasteiger partial charge in [-0.15, -0.1) is 0 Å². The molecule has 0 spiro atoms. The molecule has 3 heterocycles. The van der Waals surface area contributed by atoms with Crippen molar-refractivity contribution in [1.82, 2.24) is 14.9 Å². The zero-order valence-corrected chi connectivity index (χ0v) is 16.2. The number of hydrogen-bond donors (Lipinski definition) is 0. The summed E-state index contributed by atoms with van der Waals surface area (Å²) in [5, 5.41) is 0. The van der Waals surface area contributed by atoms with Crippen LogP contribution in [0.4, 0.5) is 10.3 Å². The summed E-state index contributed by atoms with van der Waals surface area (Å²) in [7, 11) is 0. The van der Waals surface area contributed by atoms with Gasteiger partial charge in [0.2, 0.25) is 5.95 Å². The Balaban J connectivity index is 1.66. The van der Waals surface area contributed by atoms with E-state index < -0.39 is 5.82 Å². The summed E-state index contributed by atoms with van der Waals surface area (Å²) in [6.07, 6.45) is 3.49. The molecular formula is C21H25FN4O2. The van der Waals surface area contributed by atoms with Crippen LogP contribution in [0.15, 0.2) is 24.3 Å². The van der Waals surface area contributed by atoms with Crippen molar-refractivity contribution in [3.05, 3.63) is 41.3 Å². The predicted octanol–water partition coefficient (Wildman–Crippen LogP) is 3.05. The lowest BCUT2D eigenvalue weighted by Crippen LogP contribution is -2.40. The van der Waals surface area contributed by atoms with Crippen LogP contribution in [0.1, 0.15) is 35.3 Å². The maximum atomic E-state index is 14.3. The molecule has 4 rings (SSSR count). The highest BCUT2D eigenvalue weighted by Gasteiger charge is 2.21. The number of ether oxygens (including phenoxy) is 1. The zero-order chi connectivity index (χ0) is 19.5. The molecule has 6 nitrogen and oxygen atoms in total. The van der Waals surface area contributed by atoms with Crippen molar-refractivity contribution < 1.29 is 13.9 Å². The molecule has 2 aliphatic heterocycles. The Morgan fingerprint density at radius 3 is 2.50 bits per heavy atom. The Hall–Kier alpha value is -2.54. The molecule has 0 N–H and O–H groups in total. The van der Waals surface area contributed by atoms with Crippen molar-refractivity contribution in [3.63, 3.8) is 0 Å². The highest BCUT2D eigenvalue weighted by atomic mass is 19.1. The monoisotopic (exact) mass is 384 g/mol. The van der Waals surface area contributed by atoms with Crippen LogP contribution >= 0.6 is 0 Å². The van der Waals surface area contributed by atoms with E-state index in [1.54, 1.807) is 11.0 Å². The van der Waals surface area contributed by atoms with Gasteiger partial charge in [-0.2, -0.15) is 0 Å². The lowest BCUT2D eigenvalue weighted by molar-refractivity contribution is 0.0302. The standard InChI is InChI=1S/C21H25FN4O2/c1-15-11-19(24-21(23-15)26-5-3-2-4-6-26)16-12-17(14-18(22)13-16)20(27)25-7-9-28-10-8-25/h11-14H,2-10H2,1H3. The fourth-order valence-electron chi connectivity index (χ4n) is 3.75. The smallest absolute Gasteiger partial charge is 0.254 e. The number of anilines is 1. The zero-order valence-electron chi connectivity index (χ0n) is 16.2. The van der Waals surface area contributed by atoms with Crippen LogP contribution in [0.3, 0.4) is 0 Å². The van der Waals surface area contributed by atoms with E-state index >= 15 is 0 Å². The van der Waals surface area contributed by atoms with Crippen molar-refractivity contribution in [2.75, 3.05) is 44.3 Å². The summed E-state index contributed by atoms with van der Waals surface area (Å²) < 4.78 is 19.6. The second-order valence-electron chi connectivity index (χ2n) is 7.38. The van der Waals surface area contributed by atoms with Crippen LogP contribution in [-0.4, -0.2) is 60.2 Å². The topological polar surface area (TPSA) is 58.6 Å². The minimum absolute atomic E-state index is 0.175. The average Bonchev–Trinajstić information content (AvgIpc) is 2.73. The molecule has 148 valence electrons. The molecule has 1 aromatic heterocycles. The largest absolute Gasteiger partial charge is 0.378 e. The molecule has 28 heavy (non-hydrogen) atoms. The number of nitrogens with zero attached hydrogens (tertiary/aromatic N) is 4. The normalized spacial score (nSPS) is 17.6. The van der Waals surface area contributed by atoms with Crippen LogP contribution in [0.2, 0.25) is 0 Å². The average molecular weight is 384 g/mol. The van der Waals surface area contributed by atoms with Gasteiger partial charge in [0, 0.05) is 43.0 Å². The highest BCUT2D eigenvalue weighted by molar-refractivity contribution is 5.95. The van der Waals surface area contributed by atoms with Gasteiger partial charge in [0.15, 0.2) is 0 Å². The summed E-state index contributed by atoms with van der Waals surface area (Å²) in [5.74, 6) is 0.0657. The molecule has 0 unspecified atom stereocenters. The number of benzene rings is 1. The van der Waals surface area contributed by atoms with Gasteiger partial charge in [-0.1, -0.05) is 0 Å². The first-order valence-corrected chi connectivity index (χ1v) is 9.89. The van der Waals surface area contributed by atoms with Crippen LogP contribution in [0.25, 0.3) is 11.3 Å². The van der Waals surface area contributed by atoms with Gasteiger partial charge in [-0.05, 0) is 50.5 Å². The van der Waals surface area contributed by atoms with Gasteiger partial charge in [-0.3, -0.25) is 4.79 Å². The second kappa shape index (κ2) is 8.22. The molecule has 0 atom stereocenters. The first-order chi connectivity index (χ1) is 13.6. The van der Waals surface area contributed by atoms with E-state index in [0.29, 0.717) is 49.1 Å². The molecule has 1 amide bonds. The third kappa shape index (κ3) is 4.14. The van der Waals surface area contributed by atoms with Gasteiger partial charge in [0.25, 0.3) is 5.91 Å². The van der Waals surface area contributed by atoms with Gasteiger partial charge >= 0.3 is 0 Å². The van der Waals surface area contributed by atoms with E-state index in [0.717, 1.165) is 31.6 Å². The summed E-state index contributed by atoms with van der Waals surface area (Å²) in [6.45, 7) is 5.86. The number of morpholine rings is 1. The van der Waals surface area contributed by atoms with Crippen LogP contribution in [0.5, 0.6) is 0 Å². The molecule has 2 aliphatic rings. The third-order valence-electron chi connectivity index (χ3n) is 5.22. The SMILES string of the molecule is Cc1cc(-c2cc(F)cc(C(=O)N3CCOCC3)c2)nc(N2CCCCC2)n1. The first-order valence-electron chi connectivity index (χ1n) is 9.89. The molecule has 0 saturated carbocycles. The van der Waals surface area contributed by atoms with Crippen molar-refractivity contribution in [2.24, 2.45) is 0 Å². The number of piperidine rings is 1. The molecule has 0 bridgehead atoms.